The second-order valence-electron chi connectivity index (χ2n) is 5.69. The van der Waals surface area contributed by atoms with Crippen LogP contribution in [0.25, 0.3) is 10.8 Å². The molecule has 0 saturated heterocycles. The summed E-state index contributed by atoms with van der Waals surface area (Å²) in [6.07, 6.45) is 4.39. The summed E-state index contributed by atoms with van der Waals surface area (Å²) in [7, 11) is 3.50. The fourth-order valence-corrected chi connectivity index (χ4v) is 3.62. The van der Waals surface area contributed by atoms with E-state index in [9.17, 15) is 0 Å². The van der Waals surface area contributed by atoms with Crippen LogP contribution in [0, 0.1) is 0 Å². The van der Waals surface area contributed by atoms with Crippen molar-refractivity contribution >= 4 is 10.8 Å². The molecule has 0 fully saturated rings. The first-order chi connectivity index (χ1) is 10.3. The van der Waals surface area contributed by atoms with Crippen LogP contribution in [0.2, 0.25) is 0 Å². The van der Waals surface area contributed by atoms with Gasteiger partial charge in [-0.15, -0.1) is 0 Å². The zero-order valence-corrected chi connectivity index (χ0v) is 12.8. The number of methoxy groups -OCH3 is 2. The third-order valence-electron chi connectivity index (χ3n) is 4.60. The zero-order valence-electron chi connectivity index (χ0n) is 12.8. The average molecular weight is 285 g/mol. The molecule has 21 heavy (non-hydrogen) atoms. The zero-order chi connectivity index (χ0) is 14.8. The van der Waals surface area contributed by atoms with Gasteiger partial charge >= 0.3 is 0 Å². The van der Waals surface area contributed by atoms with E-state index in [2.05, 4.69) is 24.3 Å². The number of hydrogen-bond acceptors (Lipinski definition) is 3. The smallest absolute Gasteiger partial charge is 0.122 e. The van der Waals surface area contributed by atoms with Crippen molar-refractivity contribution in [1.29, 1.82) is 0 Å². The molecular formula is C18H23NO2. The van der Waals surface area contributed by atoms with Crippen LogP contribution in [0.1, 0.15) is 36.3 Å². The van der Waals surface area contributed by atoms with E-state index in [0.717, 1.165) is 43.7 Å². The lowest BCUT2D eigenvalue weighted by atomic mass is 9.78. The molecule has 0 bridgehead atoms. The number of nitrogens with two attached hydrogens (primary N) is 1. The first-order valence-electron chi connectivity index (χ1n) is 7.66. The van der Waals surface area contributed by atoms with Crippen molar-refractivity contribution in [3.05, 3.63) is 35.4 Å². The molecule has 0 amide bonds. The summed E-state index contributed by atoms with van der Waals surface area (Å²) < 4.78 is 11.2. The summed E-state index contributed by atoms with van der Waals surface area (Å²) in [6, 6.07) is 8.46. The van der Waals surface area contributed by atoms with Crippen LogP contribution in [-0.4, -0.2) is 20.8 Å². The van der Waals surface area contributed by atoms with Gasteiger partial charge in [-0.1, -0.05) is 12.1 Å². The summed E-state index contributed by atoms with van der Waals surface area (Å²) in [6.45, 7) is 0.750. The van der Waals surface area contributed by atoms with E-state index in [0.29, 0.717) is 5.92 Å². The minimum Gasteiger partial charge on any atom is -0.496 e. The highest BCUT2D eigenvalue weighted by Gasteiger charge is 2.26. The van der Waals surface area contributed by atoms with Crippen molar-refractivity contribution in [2.24, 2.45) is 5.73 Å². The van der Waals surface area contributed by atoms with Crippen LogP contribution in [0.3, 0.4) is 0 Å². The Morgan fingerprint density at radius 2 is 1.81 bits per heavy atom. The quantitative estimate of drug-likeness (QED) is 0.912. The third kappa shape index (κ3) is 2.36. The standard InChI is InChI=1S/C18H23NO2/c1-20-15-9-6-13-7-10-16(21-2)18-12(4-3-11-19)5-8-14(15)17(13)18/h6-7,9-10,12H,3-5,8,11,19H2,1-2H3. The first kappa shape index (κ1) is 14.2. The Hall–Kier alpha value is -1.74. The minimum absolute atomic E-state index is 0.534. The van der Waals surface area contributed by atoms with Gasteiger partial charge in [-0.3, -0.25) is 0 Å². The Labute approximate surface area is 126 Å². The van der Waals surface area contributed by atoms with Crippen molar-refractivity contribution < 1.29 is 9.47 Å². The summed E-state index contributed by atoms with van der Waals surface area (Å²) in [4.78, 5) is 0. The van der Waals surface area contributed by atoms with Gasteiger partial charge in [0.15, 0.2) is 0 Å². The molecule has 2 aromatic carbocycles. The average Bonchev–Trinajstić information content (AvgIpc) is 2.54. The molecule has 1 aliphatic carbocycles. The number of aryl methyl sites for hydroxylation is 1. The van der Waals surface area contributed by atoms with Crippen molar-refractivity contribution in [2.45, 2.75) is 31.6 Å². The van der Waals surface area contributed by atoms with E-state index in [1.165, 1.54) is 21.9 Å². The molecule has 0 aliphatic heterocycles. The molecule has 3 nitrogen and oxygen atoms in total. The second-order valence-corrected chi connectivity index (χ2v) is 5.69. The second kappa shape index (κ2) is 5.94. The fraction of sp³-hybridized carbons (Fsp3) is 0.444. The predicted octanol–water partition coefficient (Wildman–Crippen LogP) is 3.63. The molecule has 112 valence electrons. The van der Waals surface area contributed by atoms with Gasteiger partial charge in [0.2, 0.25) is 0 Å². The van der Waals surface area contributed by atoms with Crippen LogP contribution in [0.5, 0.6) is 11.5 Å². The molecule has 0 saturated carbocycles. The number of rotatable bonds is 5. The molecule has 0 radical (unpaired) electrons. The maximum absolute atomic E-state index is 5.70. The Morgan fingerprint density at radius 1 is 1.10 bits per heavy atom. The largest absolute Gasteiger partial charge is 0.496 e. The molecule has 0 spiro atoms. The lowest BCUT2D eigenvalue weighted by molar-refractivity contribution is 0.395. The number of benzene rings is 2. The van der Waals surface area contributed by atoms with Crippen LogP contribution in [0.15, 0.2) is 24.3 Å². The van der Waals surface area contributed by atoms with E-state index in [1.54, 1.807) is 14.2 Å². The van der Waals surface area contributed by atoms with E-state index >= 15 is 0 Å². The predicted molar refractivity (Wildman–Crippen MR) is 86.4 cm³/mol. The summed E-state index contributed by atoms with van der Waals surface area (Å²) in [5, 5.41) is 2.61. The highest BCUT2D eigenvalue weighted by atomic mass is 16.5. The van der Waals surface area contributed by atoms with Gasteiger partial charge in [0.05, 0.1) is 14.2 Å². The molecule has 3 rings (SSSR count). The van der Waals surface area contributed by atoms with Gasteiger partial charge in [0, 0.05) is 11.1 Å². The van der Waals surface area contributed by atoms with Gasteiger partial charge in [-0.25, -0.2) is 0 Å². The number of hydrogen-bond donors (Lipinski definition) is 1. The summed E-state index contributed by atoms with van der Waals surface area (Å²) >= 11 is 0. The van der Waals surface area contributed by atoms with E-state index in [-0.39, 0.29) is 0 Å². The van der Waals surface area contributed by atoms with E-state index in [4.69, 9.17) is 15.2 Å². The van der Waals surface area contributed by atoms with Gasteiger partial charge in [0.1, 0.15) is 11.5 Å². The van der Waals surface area contributed by atoms with Crippen molar-refractivity contribution in [3.8, 4) is 11.5 Å². The molecule has 0 heterocycles. The summed E-state index contributed by atoms with van der Waals surface area (Å²) in [5.74, 6) is 2.53. The third-order valence-corrected chi connectivity index (χ3v) is 4.60. The Kier molecular flexibility index (Phi) is 4.02. The summed E-state index contributed by atoms with van der Waals surface area (Å²) in [5.41, 5.74) is 8.38. The van der Waals surface area contributed by atoms with Crippen molar-refractivity contribution in [2.75, 3.05) is 20.8 Å². The molecule has 2 aromatic rings. The number of ether oxygens (including phenoxy) is 2. The van der Waals surface area contributed by atoms with Crippen LogP contribution < -0.4 is 15.2 Å². The fourth-order valence-electron chi connectivity index (χ4n) is 3.62. The Balaban J connectivity index is 2.23. The highest BCUT2D eigenvalue weighted by Crippen LogP contribution is 2.46. The van der Waals surface area contributed by atoms with Crippen LogP contribution >= 0.6 is 0 Å². The van der Waals surface area contributed by atoms with Crippen molar-refractivity contribution in [1.82, 2.24) is 0 Å². The molecule has 1 aliphatic rings. The van der Waals surface area contributed by atoms with Gasteiger partial charge in [-0.05, 0) is 61.1 Å². The SMILES string of the molecule is COc1ccc2ccc(OC)c3c2c1CCC3CCCN. The maximum atomic E-state index is 5.70. The van der Waals surface area contributed by atoms with E-state index in [1.807, 2.05) is 0 Å². The normalized spacial score (nSPS) is 17.0. The maximum Gasteiger partial charge on any atom is 0.122 e. The minimum atomic E-state index is 0.534. The van der Waals surface area contributed by atoms with Gasteiger partial charge in [0.25, 0.3) is 0 Å². The molecule has 2 N–H and O–H groups in total. The first-order valence-corrected chi connectivity index (χ1v) is 7.66. The lowest BCUT2D eigenvalue weighted by Crippen LogP contribution is -2.13. The molecule has 1 unspecified atom stereocenters. The van der Waals surface area contributed by atoms with Crippen LogP contribution in [0.4, 0.5) is 0 Å². The Bertz CT molecular complexity index is 646. The van der Waals surface area contributed by atoms with E-state index < -0.39 is 0 Å². The van der Waals surface area contributed by atoms with Gasteiger partial charge < -0.3 is 15.2 Å². The Morgan fingerprint density at radius 3 is 2.48 bits per heavy atom. The molecule has 0 aromatic heterocycles. The van der Waals surface area contributed by atoms with Crippen LogP contribution in [-0.2, 0) is 6.42 Å². The molecular weight excluding hydrogens is 262 g/mol. The lowest BCUT2D eigenvalue weighted by Gasteiger charge is -2.28. The monoisotopic (exact) mass is 285 g/mol. The topological polar surface area (TPSA) is 44.5 Å². The highest BCUT2D eigenvalue weighted by molar-refractivity contribution is 5.93. The van der Waals surface area contributed by atoms with Gasteiger partial charge in [-0.2, -0.15) is 0 Å². The van der Waals surface area contributed by atoms with Crippen molar-refractivity contribution in [3.63, 3.8) is 0 Å². The molecule has 1 atom stereocenters. The molecule has 3 heteroatoms.